The Balaban J connectivity index is 0.00000242. The zero-order valence-corrected chi connectivity index (χ0v) is 14.7. The Kier molecular flexibility index (Phi) is 8.01. The summed E-state index contributed by atoms with van der Waals surface area (Å²) in [6, 6.07) is 5.42. The van der Waals surface area contributed by atoms with Crippen LogP contribution in [0.2, 0.25) is 5.02 Å². The molecule has 6 heteroatoms. The molecule has 1 aliphatic heterocycles. The van der Waals surface area contributed by atoms with Gasteiger partial charge < -0.3 is 15.0 Å². The molecule has 22 heavy (non-hydrogen) atoms. The number of piperidine rings is 1. The van der Waals surface area contributed by atoms with Crippen molar-refractivity contribution >= 4 is 29.9 Å². The minimum absolute atomic E-state index is 0. The van der Waals surface area contributed by atoms with Gasteiger partial charge in [-0.2, -0.15) is 0 Å². The number of rotatable bonds is 5. The number of ether oxygens (including phenoxy) is 1. The van der Waals surface area contributed by atoms with E-state index in [9.17, 15) is 4.79 Å². The molecule has 0 aliphatic carbocycles. The number of hydrogen-bond donors (Lipinski definition) is 1. The lowest BCUT2D eigenvalue weighted by Crippen LogP contribution is -2.42. The smallest absolute Gasteiger partial charge is 0.260 e. The van der Waals surface area contributed by atoms with Gasteiger partial charge in [0.2, 0.25) is 0 Å². The molecule has 1 heterocycles. The lowest BCUT2D eigenvalue weighted by atomic mass is 9.97. The van der Waals surface area contributed by atoms with Gasteiger partial charge in [0.05, 0.1) is 0 Å². The first-order chi connectivity index (χ1) is 10.1. The van der Waals surface area contributed by atoms with Crippen LogP contribution < -0.4 is 10.1 Å². The second-order valence-electron chi connectivity index (χ2n) is 5.58. The van der Waals surface area contributed by atoms with Crippen molar-refractivity contribution in [3.8, 4) is 5.75 Å². The minimum atomic E-state index is 0. The fraction of sp³-hybridized carbons (Fsp3) is 0.562. The highest BCUT2D eigenvalue weighted by atomic mass is 35.5. The van der Waals surface area contributed by atoms with E-state index in [0.717, 1.165) is 43.8 Å². The van der Waals surface area contributed by atoms with Crippen molar-refractivity contribution in [3.05, 3.63) is 28.8 Å². The van der Waals surface area contributed by atoms with Crippen LogP contribution in [0.3, 0.4) is 0 Å². The molecule has 0 saturated carbocycles. The number of aryl methyl sites for hydroxylation is 1. The topological polar surface area (TPSA) is 41.6 Å². The van der Waals surface area contributed by atoms with Gasteiger partial charge in [0.1, 0.15) is 5.75 Å². The van der Waals surface area contributed by atoms with Gasteiger partial charge in [-0.15, -0.1) is 12.4 Å². The van der Waals surface area contributed by atoms with Crippen LogP contribution >= 0.6 is 24.0 Å². The van der Waals surface area contributed by atoms with E-state index < -0.39 is 0 Å². The Hall–Kier alpha value is -0.970. The Morgan fingerprint density at radius 3 is 2.68 bits per heavy atom. The molecule has 1 N–H and O–H groups in total. The number of carbonyl (C=O) groups excluding carboxylic acids is 1. The molecule has 1 aromatic carbocycles. The normalized spacial score (nSPS) is 15.3. The van der Waals surface area contributed by atoms with E-state index in [4.69, 9.17) is 16.3 Å². The van der Waals surface area contributed by atoms with Gasteiger partial charge in [0.15, 0.2) is 6.61 Å². The van der Waals surface area contributed by atoms with E-state index in [2.05, 4.69) is 5.32 Å². The van der Waals surface area contributed by atoms with Crippen LogP contribution in [0.1, 0.15) is 18.4 Å². The maximum atomic E-state index is 12.2. The van der Waals surface area contributed by atoms with Crippen molar-refractivity contribution < 1.29 is 9.53 Å². The van der Waals surface area contributed by atoms with Crippen molar-refractivity contribution in [1.82, 2.24) is 10.2 Å². The third-order valence-corrected chi connectivity index (χ3v) is 4.18. The van der Waals surface area contributed by atoms with Crippen LogP contribution in [0.15, 0.2) is 18.2 Å². The highest BCUT2D eigenvalue weighted by Crippen LogP contribution is 2.22. The standard InChI is InChI=1S/C16H23ClN2O2.ClH/c1-12-9-14(17)3-4-15(12)21-11-16(20)19-7-5-13(6-8-19)10-18-2;/h3-4,9,13,18H,5-8,10-11H2,1-2H3;1H. The van der Waals surface area contributed by atoms with Crippen molar-refractivity contribution in [2.45, 2.75) is 19.8 Å². The SMILES string of the molecule is CNCC1CCN(C(=O)COc2ccc(Cl)cc2C)CC1.Cl. The Labute approximate surface area is 143 Å². The molecule has 0 spiro atoms. The molecule has 0 radical (unpaired) electrons. The number of hydrogen-bond acceptors (Lipinski definition) is 3. The molecule has 2 rings (SSSR count). The van der Waals surface area contributed by atoms with Crippen LogP contribution in [0, 0.1) is 12.8 Å². The van der Waals surface area contributed by atoms with Crippen molar-refractivity contribution in [2.24, 2.45) is 5.92 Å². The molecule has 0 atom stereocenters. The first-order valence-corrected chi connectivity index (χ1v) is 7.79. The Morgan fingerprint density at radius 1 is 1.41 bits per heavy atom. The van der Waals surface area contributed by atoms with Crippen LogP contribution in [-0.2, 0) is 4.79 Å². The van der Waals surface area contributed by atoms with Crippen LogP contribution in [0.25, 0.3) is 0 Å². The first-order valence-electron chi connectivity index (χ1n) is 7.41. The number of nitrogens with one attached hydrogen (secondary N) is 1. The first kappa shape index (κ1) is 19.1. The monoisotopic (exact) mass is 346 g/mol. The number of likely N-dealkylation sites (tertiary alicyclic amines) is 1. The molecule has 1 aromatic rings. The molecule has 124 valence electrons. The molecular formula is C16H24Cl2N2O2. The predicted molar refractivity (Wildman–Crippen MR) is 92.2 cm³/mol. The number of amides is 1. The zero-order chi connectivity index (χ0) is 15.2. The minimum Gasteiger partial charge on any atom is -0.483 e. The molecule has 4 nitrogen and oxygen atoms in total. The number of halogens is 2. The van der Waals surface area contributed by atoms with Gasteiger partial charge in [-0.3, -0.25) is 4.79 Å². The second kappa shape index (κ2) is 9.23. The van der Waals surface area contributed by atoms with Gasteiger partial charge >= 0.3 is 0 Å². The molecule has 0 bridgehead atoms. The summed E-state index contributed by atoms with van der Waals surface area (Å²) < 4.78 is 5.62. The molecule has 0 aromatic heterocycles. The number of carbonyl (C=O) groups is 1. The second-order valence-corrected chi connectivity index (χ2v) is 6.02. The average molecular weight is 347 g/mol. The van der Waals surface area contributed by atoms with Crippen molar-refractivity contribution in [1.29, 1.82) is 0 Å². The van der Waals surface area contributed by atoms with Crippen molar-refractivity contribution in [2.75, 3.05) is 33.3 Å². The quantitative estimate of drug-likeness (QED) is 0.891. The molecular weight excluding hydrogens is 323 g/mol. The molecule has 1 aliphatic rings. The summed E-state index contributed by atoms with van der Waals surface area (Å²) in [5.74, 6) is 1.46. The predicted octanol–water partition coefficient (Wildman–Crippen LogP) is 2.91. The summed E-state index contributed by atoms with van der Waals surface area (Å²) in [6.45, 7) is 4.71. The molecule has 1 saturated heterocycles. The Morgan fingerprint density at radius 2 is 2.09 bits per heavy atom. The maximum Gasteiger partial charge on any atom is 0.260 e. The van der Waals surface area contributed by atoms with Gasteiger partial charge in [0, 0.05) is 18.1 Å². The van der Waals surface area contributed by atoms with Gasteiger partial charge in [0.25, 0.3) is 5.91 Å². The lowest BCUT2D eigenvalue weighted by Gasteiger charge is -2.31. The van der Waals surface area contributed by atoms with Gasteiger partial charge in [-0.1, -0.05) is 11.6 Å². The molecule has 1 amide bonds. The summed E-state index contributed by atoms with van der Waals surface area (Å²) in [6.07, 6.45) is 2.12. The summed E-state index contributed by atoms with van der Waals surface area (Å²) in [5, 5.41) is 3.88. The van der Waals surface area contributed by atoms with E-state index in [1.165, 1.54) is 0 Å². The fourth-order valence-corrected chi connectivity index (χ4v) is 2.91. The van der Waals surface area contributed by atoms with Crippen LogP contribution in [-0.4, -0.2) is 44.1 Å². The summed E-state index contributed by atoms with van der Waals surface area (Å²) in [5.41, 5.74) is 0.947. The maximum absolute atomic E-state index is 12.2. The zero-order valence-electron chi connectivity index (χ0n) is 13.1. The lowest BCUT2D eigenvalue weighted by molar-refractivity contribution is -0.134. The number of nitrogens with zero attached hydrogens (tertiary/aromatic N) is 1. The Bertz CT molecular complexity index is 489. The third-order valence-electron chi connectivity index (χ3n) is 3.95. The van der Waals surface area contributed by atoms with Gasteiger partial charge in [-0.25, -0.2) is 0 Å². The molecule has 0 unspecified atom stereocenters. The summed E-state index contributed by atoms with van der Waals surface area (Å²) in [4.78, 5) is 14.1. The summed E-state index contributed by atoms with van der Waals surface area (Å²) >= 11 is 5.90. The third kappa shape index (κ3) is 5.34. The largest absolute Gasteiger partial charge is 0.483 e. The van der Waals surface area contributed by atoms with E-state index in [1.54, 1.807) is 6.07 Å². The van der Waals surface area contributed by atoms with Crippen molar-refractivity contribution in [3.63, 3.8) is 0 Å². The highest BCUT2D eigenvalue weighted by Gasteiger charge is 2.22. The van der Waals surface area contributed by atoms with E-state index >= 15 is 0 Å². The van der Waals surface area contributed by atoms with E-state index in [0.29, 0.717) is 10.9 Å². The van der Waals surface area contributed by atoms with E-state index in [-0.39, 0.29) is 24.9 Å². The highest BCUT2D eigenvalue weighted by molar-refractivity contribution is 6.30. The summed E-state index contributed by atoms with van der Waals surface area (Å²) in [7, 11) is 1.97. The fourth-order valence-electron chi connectivity index (χ4n) is 2.68. The average Bonchev–Trinajstić information content (AvgIpc) is 2.47. The van der Waals surface area contributed by atoms with E-state index in [1.807, 2.05) is 31.0 Å². The van der Waals surface area contributed by atoms with Gasteiger partial charge in [-0.05, 0) is 63.0 Å². The number of benzene rings is 1. The van der Waals surface area contributed by atoms with Crippen LogP contribution in [0.5, 0.6) is 5.75 Å². The van der Waals surface area contributed by atoms with Crippen LogP contribution in [0.4, 0.5) is 0 Å². The molecule has 1 fully saturated rings.